The molecule has 2 rings (SSSR count). The molecule has 1 aromatic carbocycles. The third-order valence-electron chi connectivity index (χ3n) is 3.86. The zero-order chi connectivity index (χ0) is 15.4. The van der Waals surface area contributed by atoms with Gasteiger partial charge in [-0.05, 0) is 30.5 Å². The van der Waals surface area contributed by atoms with E-state index in [0.29, 0.717) is 12.1 Å². The number of benzene rings is 1. The molecule has 5 heteroatoms. The average Bonchev–Trinajstić information content (AvgIpc) is 2.85. The van der Waals surface area contributed by atoms with E-state index in [0.717, 1.165) is 6.42 Å². The lowest BCUT2D eigenvalue weighted by atomic mass is 10.0. The molecule has 112 valence electrons. The molecule has 4 nitrogen and oxygen atoms in total. The van der Waals surface area contributed by atoms with E-state index >= 15 is 0 Å². The van der Waals surface area contributed by atoms with Crippen LogP contribution >= 0.6 is 0 Å². The number of carbonyl (C=O) groups excluding carboxylic acids is 1. The number of hydrogen-bond acceptors (Lipinski definition) is 3. The van der Waals surface area contributed by atoms with Gasteiger partial charge in [0, 0.05) is 12.1 Å². The molecule has 0 radical (unpaired) electrons. The van der Waals surface area contributed by atoms with Gasteiger partial charge in [0.25, 0.3) is 5.91 Å². The van der Waals surface area contributed by atoms with Crippen molar-refractivity contribution in [2.75, 3.05) is 19.7 Å². The van der Waals surface area contributed by atoms with Crippen LogP contribution in [-0.4, -0.2) is 41.7 Å². The summed E-state index contributed by atoms with van der Waals surface area (Å²) in [6, 6.07) is 4.04. The predicted molar refractivity (Wildman–Crippen MR) is 78.0 cm³/mol. The Morgan fingerprint density at radius 2 is 2.33 bits per heavy atom. The fourth-order valence-electron chi connectivity index (χ4n) is 2.61. The van der Waals surface area contributed by atoms with E-state index in [1.807, 2.05) is 6.92 Å². The molecule has 1 fully saturated rings. The Hall–Kier alpha value is -1.90. The standard InChI is InChI=1S/C16H19FN2O2/c1-11-6-8-19(15(11)10-20)16(21)13-5-4-12(3-2-7-18)9-14(13)17/h4-5,9,11,15,20H,6-8,10,18H2,1H3. The molecule has 1 aliphatic rings. The smallest absolute Gasteiger partial charge is 0.257 e. The SMILES string of the molecule is CC1CCN(C(=O)c2ccc(C#CCN)cc2F)C1CO. The van der Waals surface area contributed by atoms with Crippen LogP contribution in [0.2, 0.25) is 0 Å². The highest BCUT2D eigenvalue weighted by atomic mass is 19.1. The number of aliphatic hydroxyl groups excluding tert-OH is 1. The molecule has 1 saturated heterocycles. The van der Waals surface area contributed by atoms with Crippen molar-refractivity contribution >= 4 is 5.91 Å². The van der Waals surface area contributed by atoms with E-state index in [9.17, 15) is 14.3 Å². The van der Waals surface area contributed by atoms with Gasteiger partial charge in [-0.1, -0.05) is 18.8 Å². The number of carbonyl (C=O) groups is 1. The van der Waals surface area contributed by atoms with Gasteiger partial charge in [-0.2, -0.15) is 0 Å². The van der Waals surface area contributed by atoms with E-state index in [1.54, 1.807) is 11.0 Å². The first kappa shape index (κ1) is 15.5. The molecule has 1 aromatic rings. The average molecular weight is 290 g/mol. The number of halogens is 1. The number of amides is 1. The summed E-state index contributed by atoms with van der Waals surface area (Å²) in [5, 5.41) is 9.40. The molecular weight excluding hydrogens is 271 g/mol. The lowest BCUT2D eigenvalue weighted by Crippen LogP contribution is -2.40. The Labute approximate surface area is 123 Å². The lowest BCUT2D eigenvalue weighted by molar-refractivity contribution is 0.0643. The zero-order valence-corrected chi connectivity index (χ0v) is 12.0. The van der Waals surface area contributed by atoms with Gasteiger partial charge in [-0.25, -0.2) is 4.39 Å². The molecule has 3 N–H and O–H groups in total. The predicted octanol–water partition coefficient (Wildman–Crippen LogP) is 0.979. The first-order valence-corrected chi connectivity index (χ1v) is 6.98. The van der Waals surface area contributed by atoms with Crippen LogP contribution in [0.4, 0.5) is 4.39 Å². The van der Waals surface area contributed by atoms with Crippen LogP contribution in [0.15, 0.2) is 18.2 Å². The Balaban J connectivity index is 2.24. The van der Waals surface area contributed by atoms with Crippen LogP contribution in [0.3, 0.4) is 0 Å². The maximum Gasteiger partial charge on any atom is 0.257 e. The molecule has 0 aliphatic carbocycles. The summed E-state index contributed by atoms with van der Waals surface area (Å²) in [5.74, 6) is 4.61. The molecule has 1 heterocycles. The van der Waals surface area contributed by atoms with Gasteiger partial charge in [0.2, 0.25) is 0 Å². The summed E-state index contributed by atoms with van der Waals surface area (Å²) in [4.78, 5) is 14.0. The van der Waals surface area contributed by atoms with E-state index in [-0.39, 0.29) is 36.6 Å². The van der Waals surface area contributed by atoms with Crippen LogP contribution in [0.25, 0.3) is 0 Å². The first-order valence-electron chi connectivity index (χ1n) is 6.98. The highest BCUT2D eigenvalue weighted by Gasteiger charge is 2.35. The molecule has 21 heavy (non-hydrogen) atoms. The van der Waals surface area contributed by atoms with Crippen LogP contribution in [-0.2, 0) is 0 Å². The second-order valence-corrected chi connectivity index (χ2v) is 5.21. The van der Waals surface area contributed by atoms with Crippen molar-refractivity contribution in [2.45, 2.75) is 19.4 Å². The monoisotopic (exact) mass is 290 g/mol. The fourth-order valence-corrected chi connectivity index (χ4v) is 2.61. The van der Waals surface area contributed by atoms with Crippen molar-refractivity contribution in [1.29, 1.82) is 0 Å². The Morgan fingerprint density at radius 1 is 1.57 bits per heavy atom. The number of aliphatic hydroxyl groups is 1. The molecule has 0 spiro atoms. The van der Waals surface area contributed by atoms with Gasteiger partial charge in [-0.15, -0.1) is 0 Å². The summed E-state index contributed by atoms with van der Waals surface area (Å²) < 4.78 is 14.1. The third-order valence-corrected chi connectivity index (χ3v) is 3.86. The fraction of sp³-hybridized carbons (Fsp3) is 0.438. The van der Waals surface area contributed by atoms with Gasteiger partial charge in [0.15, 0.2) is 0 Å². The van der Waals surface area contributed by atoms with Crippen LogP contribution in [0, 0.1) is 23.6 Å². The van der Waals surface area contributed by atoms with Gasteiger partial charge in [-0.3, -0.25) is 4.79 Å². The summed E-state index contributed by atoms with van der Waals surface area (Å²) in [5.41, 5.74) is 5.77. The topological polar surface area (TPSA) is 66.6 Å². The minimum absolute atomic E-state index is 0.0147. The molecule has 1 aliphatic heterocycles. The highest BCUT2D eigenvalue weighted by Crippen LogP contribution is 2.26. The van der Waals surface area contributed by atoms with Crippen molar-refractivity contribution in [3.05, 3.63) is 35.1 Å². The second-order valence-electron chi connectivity index (χ2n) is 5.21. The summed E-state index contributed by atoms with van der Waals surface area (Å²) in [6.45, 7) is 2.62. The Kier molecular flexibility index (Phi) is 4.94. The Morgan fingerprint density at radius 3 is 2.95 bits per heavy atom. The first-order chi connectivity index (χ1) is 10.1. The Bertz CT molecular complexity index is 592. The molecule has 0 bridgehead atoms. The maximum atomic E-state index is 14.1. The van der Waals surface area contributed by atoms with E-state index in [4.69, 9.17) is 5.73 Å². The summed E-state index contributed by atoms with van der Waals surface area (Å²) >= 11 is 0. The largest absolute Gasteiger partial charge is 0.394 e. The number of nitrogens with zero attached hydrogens (tertiary/aromatic N) is 1. The molecule has 2 unspecified atom stereocenters. The van der Waals surface area contributed by atoms with Gasteiger partial charge in [0.1, 0.15) is 5.82 Å². The number of hydrogen-bond donors (Lipinski definition) is 2. The van der Waals surface area contributed by atoms with Crippen molar-refractivity contribution < 1.29 is 14.3 Å². The van der Waals surface area contributed by atoms with Crippen molar-refractivity contribution in [3.8, 4) is 11.8 Å². The number of nitrogens with two attached hydrogens (primary N) is 1. The number of rotatable bonds is 2. The summed E-state index contributed by atoms with van der Waals surface area (Å²) in [6.07, 6.45) is 0.818. The lowest BCUT2D eigenvalue weighted by Gasteiger charge is -2.25. The second kappa shape index (κ2) is 6.70. The normalized spacial score (nSPS) is 21.0. The molecule has 0 saturated carbocycles. The molecule has 2 atom stereocenters. The van der Waals surface area contributed by atoms with Crippen LogP contribution < -0.4 is 5.73 Å². The van der Waals surface area contributed by atoms with Crippen molar-refractivity contribution in [2.24, 2.45) is 11.7 Å². The molecular formula is C16H19FN2O2. The maximum absolute atomic E-state index is 14.1. The van der Waals surface area contributed by atoms with Crippen LogP contribution in [0.1, 0.15) is 29.3 Å². The van der Waals surface area contributed by atoms with Gasteiger partial charge in [0.05, 0.1) is 24.8 Å². The minimum Gasteiger partial charge on any atom is -0.394 e. The van der Waals surface area contributed by atoms with E-state index in [2.05, 4.69) is 11.8 Å². The van der Waals surface area contributed by atoms with E-state index < -0.39 is 5.82 Å². The highest BCUT2D eigenvalue weighted by molar-refractivity contribution is 5.95. The quantitative estimate of drug-likeness (QED) is 0.798. The summed E-state index contributed by atoms with van der Waals surface area (Å²) in [7, 11) is 0. The number of likely N-dealkylation sites (tertiary alicyclic amines) is 1. The zero-order valence-electron chi connectivity index (χ0n) is 12.0. The van der Waals surface area contributed by atoms with Crippen molar-refractivity contribution in [3.63, 3.8) is 0 Å². The van der Waals surface area contributed by atoms with Gasteiger partial charge < -0.3 is 15.7 Å². The van der Waals surface area contributed by atoms with Crippen molar-refractivity contribution in [1.82, 2.24) is 4.90 Å². The third kappa shape index (κ3) is 3.23. The minimum atomic E-state index is -0.597. The molecule has 0 aromatic heterocycles. The van der Waals surface area contributed by atoms with Crippen LogP contribution in [0.5, 0.6) is 0 Å². The molecule has 1 amide bonds. The van der Waals surface area contributed by atoms with Gasteiger partial charge >= 0.3 is 0 Å². The van der Waals surface area contributed by atoms with E-state index in [1.165, 1.54) is 12.1 Å².